The lowest BCUT2D eigenvalue weighted by Crippen LogP contribution is -2.45. The van der Waals surface area contributed by atoms with Gasteiger partial charge in [0.2, 0.25) is 0 Å². The Balaban J connectivity index is 0.00000420. The molecule has 1 aromatic rings. The summed E-state index contributed by atoms with van der Waals surface area (Å²) in [4.78, 5) is 6.51. The number of hydrogen-bond donors (Lipinski definition) is 3. The molecule has 1 atom stereocenters. The topological polar surface area (TPSA) is 59.9 Å². The van der Waals surface area contributed by atoms with Gasteiger partial charge in [-0.15, -0.1) is 24.0 Å². The van der Waals surface area contributed by atoms with E-state index in [1.54, 1.807) is 4.90 Å². The highest BCUT2D eigenvalue weighted by Gasteiger charge is 2.28. The average molecular weight is 524 g/mol. The maximum absolute atomic E-state index is 14.1. The van der Waals surface area contributed by atoms with Crippen molar-refractivity contribution in [3.63, 3.8) is 0 Å². The van der Waals surface area contributed by atoms with Crippen molar-refractivity contribution in [1.29, 1.82) is 0 Å². The van der Waals surface area contributed by atoms with E-state index >= 15 is 0 Å². The summed E-state index contributed by atoms with van der Waals surface area (Å²) in [5.41, 5.74) is 0.0439. The number of nitrogens with one attached hydrogen (secondary N) is 2. The number of benzene rings is 1. The zero-order chi connectivity index (χ0) is 20.6. The van der Waals surface area contributed by atoms with E-state index < -0.39 is 11.6 Å². The van der Waals surface area contributed by atoms with Crippen molar-refractivity contribution >= 4 is 35.6 Å². The first kappa shape index (κ1) is 25.9. The number of halogens is 3. The summed E-state index contributed by atoms with van der Waals surface area (Å²) in [5.74, 6) is -0.339. The monoisotopic (exact) mass is 524 g/mol. The maximum Gasteiger partial charge on any atom is 0.191 e. The first-order chi connectivity index (χ1) is 13.5. The summed E-state index contributed by atoms with van der Waals surface area (Å²) >= 11 is 0. The zero-order valence-corrected chi connectivity index (χ0v) is 20.0. The van der Waals surface area contributed by atoms with Crippen molar-refractivity contribution in [2.24, 2.45) is 10.4 Å². The van der Waals surface area contributed by atoms with Crippen LogP contribution in [-0.2, 0) is 0 Å². The fraction of sp³-hybridized carbons (Fsp3) is 0.667. The highest BCUT2D eigenvalue weighted by molar-refractivity contribution is 14.0. The second kappa shape index (κ2) is 12.5. The van der Waals surface area contributed by atoms with Crippen molar-refractivity contribution in [2.75, 3.05) is 37.7 Å². The molecule has 1 unspecified atom stereocenters. The van der Waals surface area contributed by atoms with E-state index in [9.17, 15) is 13.9 Å². The van der Waals surface area contributed by atoms with Gasteiger partial charge in [0.15, 0.2) is 5.96 Å². The van der Waals surface area contributed by atoms with Crippen LogP contribution in [0.4, 0.5) is 14.5 Å². The van der Waals surface area contributed by atoms with E-state index in [1.807, 2.05) is 6.92 Å². The van der Waals surface area contributed by atoms with Crippen LogP contribution in [0.5, 0.6) is 0 Å². The number of guanidine groups is 1. The molecule has 29 heavy (non-hydrogen) atoms. The minimum atomic E-state index is -0.527. The van der Waals surface area contributed by atoms with Crippen LogP contribution in [0.25, 0.3) is 0 Å². The standard InChI is InChI=1S/C21H34F2N4O.HI/c1-4-21(5-2,11-13-28)15-25-20(24-6-3)26-16-10-12-27(14-16)19-17(22)8-7-9-18(19)23;/h7-9,16,28H,4-6,10-15H2,1-3H3,(H2,24,25,26);1H. The first-order valence-corrected chi connectivity index (χ1v) is 10.3. The predicted octanol–water partition coefficient (Wildman–Crippen LogP) is 3.91. The van der Waals surface area contributed by atoms with E-state index in [0.29, 0.717) is 25.6 Å². The molecular weight excluding hydrogens is 489 g/mol. The molecule has 166 valence electrons. The van der Waals surface area contributed by atoms with Crippen molar-refractivity contribution in [2.45, 2.75) is 52.5 Å². The van der Waals surface area contributed by atoms with Gasteiger partial charge in [-0.25, -0.2) is 8.78 Å². The molecular formula is C21H35F2IN4O. The molecule has 0 aromatic heterocycles. The van der Waals surface area contributed by atoms with E-state index in [4.69, 9.17) is 4.99 Å². The van der Waals surface area contributed by atoms with Crippen LogP contribution in [-0.4, -0.2) is 49.9 Å². The summed E-state index contributed by atoms with van der Waals surface area (Å²) in [6, 6.07) is 4.03. The summed E-state index contributed by atoms with van der Waals surface area (Å²) in [6.45, 7) is 8.91. The van der Waals surface area contributed by atoms with Crippen molar-refractivity contribution in [1.82, 2.24) is 10.6 Å². The molecule has 1 aromatic carbocycles. The summed E-state index contributed by atoms with van der Waals surface area (Å²) in [6.07, 6.45) is 3.42. The van der Waals surface area contributed by atoms with Crippen LogP contribution in [0.3, 0.4) is 0 Å². The third-order valence-electron chi connectivity index (χ3n) is 5.84. The highest BCUT2D eigenvalue weighted by atomic mass is 127. The van der Waals surface area contributed by atoms with Gasteiger partial charge in [0.1, 0.15) is 17.3 Å². The lowest BCUT2D eigenvalue weighted by molar-refractivity contribution is 0.175. The highest BCUT2D eigenvalue weighted by Crippen LogP contribution is 2.31. The molecule has 0 saturated carbocycles. The van der Waals surface area contributed by atoms with E-state index in [-0.39, 0.29) is 47.7 Å². The third-order valence-corrected chi connectivity index (χ3v) is 5.84. The minimum Gasteiger partial charge on any atom is -0.396 e. The molecule has 0 radical (unpaired) electrons. The Kier molecular flexibility index (Phi) is 11.2. The first-order valence-electron chi connectivity index (χ1n) is 10.3. The molecule has 0 amide bonds. The number of rotatable bonds is 9. The number of aliphatic hydroxyl groups excluding tert-OH is 1. The Bertz CT molecular complexity index is 635. The van der Waals surface area contributed by atoms with Gasteiger partial charge in [-0.05, 0) is 50.2 Å². The number of hydrogen-bond acceptors (Lipinski definition) is 3. The second-order valence-electron chi connectivity index (χ2n) is 7.52. The van der Waals surface area contributed by atoms with Crippen LogP contribution < -0.4 is 15.5 Å². The normalized spacial score (nSPS) is 17.2. The lowest BCUT2D eigenvalue weighted by Gasteiger charge is -2.30. The Morgan fingerprint density at radius 2 is 1.90 bits per heavy atom. The maximum atomic E-state index is 14.1. The molecule has 1 fully saturated rings. The number of anilines is 1. The van der Waals surface area contributed by atoms with Gasteiger partial charge in [0.05, 0.1) is 0 Å². The van der Waals surface area contributed by atoms with Gasteiger partial charge >= 0.3 is 0 Å². The Morgan fingerprint density at radius 1 is 1.24 bits per heavy atom. The van der Waals surface area contributed by atoms with Crippen LogP contribution in [0.1, 0.15) is 46.5 Å². The molecule has 3 N–H and O–H groups in total. The smallest absolute Gasteiger partial charge is 0.191 e. The fourth-order valence-corrected chi connectivity index (χ4v) is 3.78. The zero-order valence-electron chi connectivity index (χ0n) is 17.7. The molecule has 1 heterocycles. The third kappa shape index (κ3) is 6.94. The van der Waals surface area contributed by atoms with Crippen LogP contribution >= 0.6 is 24.0 Å². The lowest BCUT2D eigenvalue weighted by atomic mass is 9.79. The molecule has 1 saturated heterocycles. The molecule has 5 nitrogen and oxygen atoms in total. The van der Waals surface area contributed by atoms with Crippen molar-refractivity contribution < 1.29 is 13.9 Å². The molecule has 0 bridgehead atoms. The summed E-state index contributed by atoms with van der Waals surface area (Å²) < 4.78 is 28.1. The molecule has 0 aliphatic carbocycles. The van der Waals surface area contributed by atoms with Gasteiger partial charge in [-0.3, -0.25) is 4.99 Å². The van der Waals surface area contributed by atoms with Gasteiger partial charge in [0, 0.05) is 38.8 Å². The second-order valence-corrected chi connectivity index (χ2v) is 7.52. The molecule has 1 aliphatic heterocycles. The quantitative estimate of drug-likeness (QED) is 0.261. The van der Waals surface area contributed by atoms with Gasteiger partial charge in [0.25, 0.3) is 0 Å². The fourth-order valence-electron chi connectivity index (χ4n) is 3.78. The van der Waals surface area contributed by atoms with Crippen molar-refractivity contribution in [3.05, 3.63) is 29.8 Å². The summed E-state index contributed by atoms with van der Waals surface area (Å²) in [5, 5.41) is 16.1. The Labute approximate surface area is 190 Å². The van der Waals surface area contributed by atoms with Crippen molar-refractivity contribution in [3.8, 4) is 0 Å². The number of aliphatic imine (C=N–C) groups is 1. The van der Waals surface area contributed by atoms with E-state index in [2.05, 4.69) is 24.5 Å². The van der Waals surface area contributed by atoms with Gasteiger partial charge in [-0.2, -0.15) is 0 Å². The number of para-hydroxylation sites is 1. The SMILES string of the molecule is CCNC(=NCC(CC)(CC)CCO)NC1CCN(c2c(F)cccc2F)C1.I. The number of aliphatic hydroxyl groups is 1. The Morgan fingerprint density at radius 3 is 2.45 bits per heavy atom. The Hall–Kier alpha value is -1.16. The average Bonchev–Trinajstić information content (AvgIpc) is 3.13. The predicted molar refractivity (Wildman–Crippen MR) is 126 cm³/mol. The van der Waals surface area contributed by atoms with Crippen LogP contribution in [0.15, 0.2) is 23.2 Å². The molecule has 2 rings (SSSR count). The largest absolute Gasteiger partial charge is 0.396 e. The van der Waals surface area contributed by atoms with Crippen LogP contribution in [0.2, 0.25) is 0 Å². The molecule has 0 spiro atoms. The number of nitrogens with zero attached hydrogens (tertiary/aromatic N) is 2. The van der Waals surface area contributed by atoms with Gasteiger partial charge < -0.3 is 20.6 Å². The molecule has 1 aliphatic rings. The molecule has 8 heteroatoms. The van der Waals surface area contributed by atoms with E-state index in [0.717, 1.165) is 32.2 Å². The van der Waals surface area contributed by atoms with Gasteiger partial charge in [-0.1, -0.05) is 19.9 Å². The summed E-state index contributed by atoms with van der Waals surface area (Å²) in [7, 11) is 0. The van der Waals surface area contributed by atoms with Crippen LogP contribution in [0, 0.1) is 17.0 Å². The van der Waals surface area contributed by atoms with E-state index in [1.165, 1.54) is 18.2 Å². The minimum absolute atomic E-state index is 0.